The Morgan fingerprint density at radius 2 is 1.83 bits per heavy atom. The molecule has 0 spiro atoms. The van der Waals surface area contributed by atoms with E-state index < -0.39 is 5.97 Å². The van der Waals surface area contributed by atoms with Crippen LogP contribution in [0.3, 0.4) is 0 Å². The van der Waals surface area contributed by atoms with E-state index in [0.717, 1.165) is 39.9 Å². The van der Waals surface area contributed by atoms with Crippen LogP contribution in [0, 0.1) is 0 Å². The first-order chi connectivity index (χ1) is 14.7. The Kier molecular flexibility index (Phi) is 4.56. The van der Waals surface area contributed by atoms with Gasteiger partial charge in [0, 0.05) is 34.8 Å². The van der Waals surface area contributed by atoms with E-state index >= 15 is 0 Å². The number of H-pyrrole nitrogens is 1. The smallest absolute Gasteiger partial charge is 0.335 e. The number of hydrogen-bond donors (Lipinski definition) is 2. The van der Waals surface area contributed by atoms with Crippen molar-refractivity contribution in [1.82, 2.24) is 9.97 Å². The number of carboxylic acid groups (broad SMARTS) is 1. The van der Waals surface area contributed by atoms with Crippen molar-refractivity contribution in [1.29, 1.82) is 0 Å². The number of nitrogens with one attached hydrogen (secondary N) is 1. The summed E-state index contributed by atoms with van der Waals surface area (Å²) in [7, 11) is 0. The van der Waals surface area contributed by atoms with Gasteiger partial charge in [-0.05, 0) is 48.4 Å². The fraction of sp³-hybridized carbons (Fsp3) is 0.120. The van der Waals surface area contributed by atoms with Crippen molar-refractivity contribution in [3.8, 4) is 0 Å². The van der Waals surface area contributed by atoms with Gasteiger partial charge in [-0.3, -0.25) is 4.98 Å². The average molecular weight is 396 g/mol. The number of pyridine rings is 1. The Labute approximate surface area is 173 Å². The average Bonchev–Trinajstić information content (AvgIpc) is 3.24. The molecule has 4 aromatic rings. The third-order valence-electron chi connectivity index (χ3n) is 5.56. The highest BCUT2D eigenvalue weighted by Gasteiger charge is 2.29. The molecule has 0 radical (unpaired) electrons. The van der Waals surface area contributed by atoms with Crippen LogP contribution in [0.1, 0.15) is 45.6 Å². The first kappa shape index (κ1) is 18.2. The van der Waals surface area contributed by atoms with Crippen molar-refractivity contribution in [2.75, 3.05) is 0 Å². The Balaban J connectivity index is 1.56. The third kappa shape index (κ3) is 3.35. The highest BCUT2D eigenvalue weighted by atomic mass is 16.5. The van der Waals surface area contributed by atoms with E-state index in [1.165, 1.54) is 0 Å². The number of carbonyl (C=O) groups is 1. The number of benzene rings is 2. The van der Waals surface area contributed by atoms with Gasteiger partial charge in [0.1, 0.15) is 17.6 Å². The number of aromatic nitrogens is 2. The van der Waals surface area contributed by atoms with Crippen LogP contribution < -0.4 is 0 Å². The lowest BCUT2D eigenvalue weighted by molar-refractivity contribution is 0.0697. The number of aromatic amines is 1. The first-order valence-corrected chi connectivity index (χ1v) is 9.88. The molecule has 2 atom stereocenters. The number of carboxylic acids is 1. The number of para-hydroxylation sites is 1. The molecule has 0 bridgehead atoms. The summed E-state index contributed by atoms with van der Waals surface area (Å²) in [6, 6.07) is 21.0. The molecule has 2 N–H and O–H groups in total. The molecule has 2 aromatic carbocycles. The number of rotatable bonds is 4. The molecule has 148 valence electrons. The molecule has 0 aliphatic carbocycles. The van der Waals surface area contributed by atoms with Crippen LogP contribution in [0.25, 0.3) is 16.7 Å². The van der Waals surface area contributed by atoms with Crippen molar-refractivity contribution < 1.29 is 14.6 Å². The second-order valence-corrected chi connectivity index (χ2v) is 7.41. The standard InChI is InChI=1S/C25H20N2O3/c28-25(29)17-10-8-16(9-11-17)18-13-23(20-15-27-21-6-2-1-5-19(20)21)30-24(14-18)22-7-3-4-12-26-22/h1-12,14-15,18,23,27H,13H2,(H,28,29)/t18-,23-/m1/s1. The Bertz CT molecular complexity index is 1230. The lowest BCUT2D eigenvalue weighted by atomic mass is 9.87. The first-order valence-electron chi connectivity index (χ1n) is 9.88. The maximum atomic E-state index is 11.2. The largest absolute Gasteiger partial charge is 0.484 e. The van der Waals surface area contributed by atoms with E-state index in [0.29, 0.717) is 0 Å². The predicted molar refractivity (Wildman–Crippen MR) is 115 cm³/mol. The number of fused-ring (bicyclic) bond motifs is 1. The van der Waals surface area contributed by atoms with Crippen molar-refractivity contribution in [3.63, 3.8) is 0 Å². The van der Waals surface area contributed by atoms with Crippen molar-refractivity contribution in [3.05, 3.63) is 108 Å². The molecule has 0 saturated carbocycles. The summed E-state index contributed by atoms with van der Waals surface area (Å²) < 4.78 is 6.42. The Hall–Kier alpha value is -3.86. The number of nitrogens with zero attached hydrogens (tertiary/aromatic N) is 1. The summed E-state index contributed by atoms with van der Waals surface area (Å²) in [5.74, 6) is -0.100. The minimum absolute atomic E-state index is 0.0808. The monoisotopic (exact) mass is 396 g/mol. The molecule has 3 heterocycles. The van der Waals surface area contributed by atoms with Gasteiger partial charge in [-0.2, -0.15) is 0 Å². The zero-order valence-electron chi connectivity index (χ0n) is 16.2. The third-order valence-corrected chi connectivity index (χ3v) is 5.56. The molecule has 1 aliphatic heterocycles. The molecular weight excluding hydrogens is 376 g/mol. The van der Waals surface area contributed by atoms with Gasteiger partial charge >= 0.3 is 5.97 Å². The molecule has 1 aliphatic rings. The molecular formula is C25H20N2O3. The molecule has 5 nitrogen and oxygen atoms in total. The fourth-order valence-electron chi connectivity index (χ4n) is 4.03. The van der Waals surface area contributed by atoms with E-state index in [2.05, 4.69) is 28.2 Å². The van der Waals surface area contributed by atoms with Crippen molar-refractivity contribution in [2.24, 2.45) is 0 Å². The van der Waals surface area contributed by atoms with E-state index in [4.69, 9.17) is 4.74 Å². The summed E-state index contributed by atoms with van der Waals surface area (Å²) in [5, 5.41) is 10.3. The van der Waals surface area contributed by atoms with Gasteiger partial charge in [0.2, 0.25) is 0 Å². The molecule has 0 amide bonds. The van der Waals surface area contributed by atoms with Crippen LogP contribution in [-0.2, 0) is 4.74 Å². The van der Waals surface area contributed by atoms with E-state index in [1.54, 1.807) is 18.3 Å². The van der Waals surface area contributed by atoms with E-state index in [1.807, 2.05) is 48.7 Å². The van der Waals surface area contributed by atoms with Crippen molar-refractivity contribution in [2.45, 2.75) is 18.4 Å². The highest BCUT2D eigenvalue weighted by molar-refractivity contribution is 5.87. The van der Waals surface area contributed by atoms with Crippen LogP contribution >= 0.6 is 0 Å². The van der Waals surface area contributed by atoms with E-state index in [9.17, 15) is 9.90 Å². The van der Waals surface area contributed by atoms with Crippen LogP contribution in [0.5, 0.6) is 0 Å². The predicted octanol–water partition coefficient (Wildman–Crippen LogP) is 5.55. The topological polar surface area (TPSA) is 75.2 Å². The van der Waals surface area contributed by atoms with Gasteiger partial charge in [0.25, 0.3) is 0 Å². The summed E-state index contributed by atoms with van der Waals surface area (Å²) in [4.78, 5) is 19.0. The maximum absolute atomic E-state index is 11.2. The van der Waals surface area contributed by atoms with Gasteiger partial charge < -0.3 is 14.8 Å². The second kappa shape index (κ2) is 7.52. The number of allylic oxidation sites excluding steroid dienone is 1. The summed E-state index contributed by atoms with van der Waals surface area (Å²) in [6.45, 7) is 0. The normalized spacial score (nSPS) is 18.6. The molecule has 30 heavy (non-hydrogen) atoms. The fourth-order valence-corrected chi connectivity index (χ4v) is 4.03. The molecule has 2 aromatic heterocycles. The lowest BCUT2D eigenvalue weighted by Gasteiger charge is -2.30. The zero-order chi connectivity index (χ0) is 20.5. The van der Waals surface area contributed by atoms with Gasteiger partial charge in [-0.15, -0.1) is 0 Å². The van der Waals surface area contributed by atoms with E-state index in [-0.39, 0.29) is 17.6 Å². The second-order valence-electron chi connectivity index (χ2n) is 7.41. The van der Waals surface area contributed by atoms with Gasteiger partial charge in [0.15, 0.2) is 0 Å². The molecule has 0 unspecified atom stereocenters. The minimum atomic E-state index is -0.921. The molecule has 0 saturated heterocycles. The van der Waals surface area contributed by atoms with Gasteiger partial charge in [0.05, 0.1) is 5.56 Å². The van der Waals surface area contributed by atoms with Crippen LogP contribution in [-0.4, -0.2) is 21.0 Å². The zero-order valence-corrected chi connectivity index (χ0v) is 16.2. The summed E-state index contributed by atoms with van der Waals surface area (Å²) in [6.07, 6.45) is 6.47. The Morgan fingerprint density at radius 1 is 1.03 bits per heavy atom. The molecule has 0 fully saturated rings. The maximum Gasteiger partial charge on any atom is 0.335 e. The molecule has 5 heteroatoms. The summed E-state index contributed by atoms with van der Waals surface area (Å²) >= 11 is 0. The van der Waals surface area contributed by atoms with Crippen LogP contribution in [0.15, 0.2) is 85.2 Å². The quantitative estimate of drug-likeness (QED) is 0.474. The Morgan fingerprint density at radius 3 is 2.60 bits per heavy atom. The van der Waals surface area contributed by atoms with Gasteiger partial charge in [-0.1, -0.05) is 36.4 Å². The molecule has 5 rings (SSSR count). The van der Waals surface area contributed by atoms with Crippen LogP contribution in [0.4, 0.5) is 0 Å². The number of ether oxygens (including phenoxy) is 1. The number of aromatic carboxylic acids is 1. The lowest BCUT2D eigenvalue weighted by Crippen LogP contribution is -2.15. The minimum Gasteiger partial charge on any atom is -0.484 e. The number of hydrogen-bond acceptors (Lipinski definition) is 3. The highest BCUT2D eigenvalue weighted by Crippen LogP contribution is 2.42. The van der Waals surface area contributed by atoms with Gasteiger partial charge in [-0.25, -0.2) is 4.79 Å². The summed E-state index contributed by atoms with van der Waals surface area (Å²) in [5.41, 5.74) is 4.32. The van der Waals surface area contributed by atoms with Crippen LogP contribution in [0.2, 0.25) is 0 Å². The van der Waals surface area contributed by atoms with Crippen molar-refractivity contribution >= 4 is 22.6 Å². The SMILES string of the molecule is O=C(O)c1ccc([C@H]2C=C(c3ccccn3)O[C@@H](c3c[nH]c4ccccc34)C2)cc1.